The Morgan fingerprint density at radius 3 is 2.71 bits per heavy atom. The predicted octanol–water partition coefficient (Wildman–Crippen LogP) is 2.56. The molecule has 3 saturated heterocycles. The molecule has 3 aliphatic heterocycles. The van der Waals surface area contributed by atoms with Gasteiger partial charge in [-0.25, -0.2) is 0 Å². The Kier molecular flexibility index (Phi) is 6.10. The van der Waals surface area contributed by atoms with Gasteiger partial charge in [-0.3, -0.25) is 4.79 Å². The van der Waals surface area contributed by atoms with Crippen molar-refractivity contribution in [2.45, 2.75) is 76.4 Å². The quantitative estimate of drug-likeness (QED) is 0.706. The number of benzene rings is 1. The van der Waals surface area contributed by atoms with E-state index >= 15 is 0 Å². The maximum atomic E-state index is 12.8. The molecule has 3 heterocycles. The lowest BCUT2D eigenvalue weighted by atomic mass is 10.1. The molecule has 0 N–H and O–H groups in total. The first kappa shape index (κ1) is 19.9. The van der Waals surface area contributed by atoms with Gasteiger partial charge in [0.15, 0.2) is 30.3 Å². The van der Waals surface area contributed by atoms with E-state index in [0.29, 0.717) is 13.2 Å². The van der Waals surface area contributed by atoms with Gasteiger partial charge in [0.05, 0.1) is 6.61 Å². The minimum Gasteiger partial charge on any atom is -0.367 e. The number of ketones is 1. The van der Waals surface area contributed by atoms with Crippen molar-refractivity contribution in [3.63, 3.8) is 0 Å². The number of hydrogen-bond acceptors (Lipinski definition) is 7. The van der Waals surface area contributed by atoms with Crippen LogP contribution in [-0.2, 0) is 39.8 Å². The van der Waals surface area contributed by atoms with Gasteiger partial charge >= 0.3 is 0 Å². The molecule has 1 aromatic carbocycles. The Labute approximate surface area is 165 Å². The molecule has 3 aliphatic rings. The summed E-state index contributed by atoms with van der Waals surface area (Å²) in [5.41, 5.74) is 1.02. The van der Waals surface area contributed by atoms with Crippen molar-refractivity contribution in [3.05, 3.63) is 35.9 Å². The fourth-order valence-electron chi connectivity index (χ4n) is 3.79. The van der Waals surface area contributed by atoms with Gasteiger partial charge in [0.1, 0.15) is 18.8 Å². The molecule has 3 fully saturated rings. The number of carbonyl (C=O) groups excluding carboxylic acids is 1. The second-order valence-corrected chi connectivity index (χ2v) is 7.86. The van der Waals surface area contributed by atoms with Crippen LogP contribution in [0, 0.1) is 0 Å². The van der Waals surface area contributed by atoms with Crippen LogP contribution < -0.4 is 0 Å². The van der Waals surface area contributed by atoms with Gasteiger partial charge < -0.3 is 28.4 Å². The number of Topliss-reactive ketones (excluding diaryl/α,β-unsaturated/α-hetero) is 1. The Balaban J connectivity index is 1.39. The third-order valence-electron chi connectivity index (χ3n) is 5.14. The molecule has 0 saturated carbocycles. The smallest absolute Gasteiger partial charge is 0.190 e. The van der Waals surface area contributed by atoms with Crippen molar-refractivity contribution < 1.29 is 33.2 Å². The number of carbonyl (C=O) groups is 1. The Hall–Kier alpha value is -1.35. The monoisotopic (exact) mass is 392 g/mol. The largest absolute Gasteiger partial charge is 0.367 e. The summed E-state index contributed by atoms with van der Waals surface area (Å²) in [6.07, 6.45) is 0.112. The molecule has 0 bridgehead atoms. The molecule has 7 heteroatoms. The molecule has 4 rings (SSSR count). The summed E-state index contributed by atoms with van der Waals surface area (Å²) in [6, 6.07) is 9.80. The van der Waals surface area contributed by atoms with Crippen molar-refractivity contribution in [2.75, 3.05) is 13.2 Å². The summed E-state index contributed by atoms with van der Waals surface area (Å²) in [7, 11) is 0. The van der Waals surface area contributed by atoms with E-state index in [-0.39, 0.29) is 18.7 Å². The molecule has 0 radical (unpaired) electrons. The van der Waals surface area contributed by atoms with Gasteiger partial charge in [-0.05, 0) is 38.7 Å². The van der Waals surface area contributed by atoms with Crippen molar-refractivity contribution in [2.24, 2.45) is 0 Å². The molecule has 7 nitrogen and oxygen atoms in total. The minimum atomic E-state index is -0.793. The number of ether oxygens (including phenoxy) is 6. The number of rotatable bonds is 7. The summed E-state index contributed by atoms with van der Waals surface area (Å²) < 4.78 is 34.9. The van der Waals surface area contributed by atoms with Crippen LogP contribution in [0.25, 0.3) is 0 Å². The van der Waals surface area contributed by atoms with Gasteiger partial charge in [-0.1, -0.05) is 30.3 Å². The average molecular weight is 392 g/mol. The van der Waals surface area contributed by atoms with E-state index in [0.717, 1.165) is 24.8 Å². The third kappa shape index (κ3) is 4.62. The summed E-state index contributed by atoms with van der Waals surface area (Å²) in [5, 5.41) is 0. The first-order valence-electron chi connectivity index (χ1n) is 9.94. The standard InChI is InChI=1S/C21H28O7/c1-21(2)27-19-18(25-12-14-8-4-3-5-9-14)17(26-20(19)28-21)15(22)13-24-16-10-6-7-11-23-16/h3-5,8-9,16-20H,6-7,10-13H2,1-2H3/t16?,17-,18+,19-,20-/m1/s1. The van der Waals surface area contributed by atoms with Crippen molar-refractivity contribution in [3.8, 4) is 0 Å². The zero-order chi connectivity index (χ0) is 19.6. The van der Waals surface area contributed by atoms with E-state index in [9.17, 15) is 4.79 Å². The molecule has 1 unspecified atom stereocenters. The molecule has 0 amide bonds. The van der Waals surface area contributed by atoms with Crippen LogP contribution in [0.2, 0.25) is 0 Å². The Bertz CT molecular complexity index is 656. The summed E-state index contributed by atoms with van der Waals surface area (Å²) >= 11 is 0. The lowest BCUT2D eigenvalue weighted by molar-refractivity contribution is -0.221. The van der Waals surface area contributed by atoms with Crippen LogP contribution in [0.15, 0.2) is 30.3 Å². The van der Waals surface area contributed by atoms with Gasteiger partial charge in [0.2, 0.25) is 0 Å². The summed E-state index contributed by atoms with van der Waals surface area (Å²) in [6.45, 7) is 4.59. The van der Waals surface area contributed by atoms with Crippen molar-refractivity contribution in [1.82, 2.24) is 0 Å². The topological polar surface area (TPSA) is 72.5 Å². The molecule has 5 atom stereocenters. The first-order chi connectivity index (χ1) is 13.5. The molecule has 28 heavy (non-hydrogen) atoms. The molecule has 1 aromatic rings. The minimum absolute atomic E-state index is 0.0800. The normalized spacial score (nSPS) is 34.3. The highest BCUT2D eigenvalue weighted by atomic mass is 16.8. The highest BCUT2D eigenvalue weighted by Gasteiger charge is 2.57. The lowest BCUT2D eigenvalue weighted by Gasteiger charge is -2.26. The summed E-state index contributed by atoms with van der Waals surface area (Å²) in [4.78, 5) is 12.8. The fourth-order valence-corrected chi connectivity index (χ4v) is 3.79. The summed E-state index contributed by atoms with van der Waals surface area (Å²) in [5.74, 6) is -0.962. The average Bonchev–Trinajstić information content (AvgIpc) is 3.18. The molecule has 0 spiro atoms. The first-order valence-corrected chi connectivity index (χ1v) is 9.94. The highest BCUT2D eigenvalue weighted by Crippen LogP contribution is 2.39. The molecular formula is C21H28O7. The zero-order valence-corrected chi connectivity index (χ0v) is 16.4. The SMILES string of the molecule is CC1(C)O[C@H]2O[C@H](C(=O)COC3CCCCO3)[C@H](OCc3ccccc3)[C@H]2O1. The molecule has 154 valence electrons. The van der Waals surface area contributed by atoms with Gasteiger partial charge in [0, 0.05) is 6.61 Å². The second-order valence-electron chi connectivity index (χ2n) is 7.86. The molecule has 0 aromatic heterocycles. The van der Waals surface area contributed by atoms with Crippen molar-refractivity contribution >= 4 is 5.78 Å². The van der Waals surface area contributed by atoms with Crippen LogP contribution in [-0.4, -0.2) is 55.7 Å². The lowest BCUT2D eigenvalue weighted by Crippen LogP contribution is -2.42. The van der Waals surface area contributed by atoms with Crippen LogP contribution in [0.3, 0.4) is 0 Å². The van der Waals surface area contributed by atoms with E-state index in [4.69, 9.17) is 28.4 Å². The Morgan fingerprint density at radius 2 is 1.96 bits per heavy atom. The fraction of sp³-hybridized carbons (Fsp3) is 0.667. The second kappa shape index (κ2) is 8.57. The van der Waals surface area contributed by atoms with Crippen LogP contribution in [0.5, 0.6) is 0 Å². The predicted molar refractivity (Wildman–Crippen MR) is 98.3 cm³/mol. The highest BCUT2D eigenvalue weighted by molar-refractivity contribution is 5.85. The van der Waals surface area contributed by atoms with Crippen LogP contribution in [0.1, 0.15) is 38.7 Å². The van der Waals surface area contributed by atoms with E-state index in [1.165, 1.54) is 0 Å². The van der Waals surface area contributed by atoms with Crippen LogP contribution >= 0.6 is 0 Å². The van der Waals surface area contributed by atoms with E-state index in [1.54, 1.807) is 0 Å². The van der Waals surface area contributed by atoms with E-state index < -0.39 is 30.4 Å². The number of hydrogen-bond donors (Lipinski definition) is 0. The van der Waals surface area contributed by atoms with Gasteiger partial charge in [-0.15, -0.1) is 0 Å². The van der Waals surface area contributed by atoms with Crippen LogP contribution in [0.4, 0.5) is 0 Å². The Morgan fingerprint density at radius 1 is 1.14 bits per heavy atom. The number of fused-ring (bicyclic) bond motifs is 1. The maximum absolute atomic E-state index is 12.8. The molecule has 0 aliphatic carbocycles. The van der Waals surface area contributed by atoms with E-state index in [2.05, 4.69) is 0 Å². The van der Waals surface area contributed by atoms with Gasteiger partial charge in [0.25, 0.3) is 0 Å². The zero-order valence-electron chi connectivity index (χ0n) is 16.4. The molecular weight excluding hydrogens is 364 g/mol. The maximum Gasteiger partial charge on any atom is 0.190 e. The van der Waals surface area contributed by atoms with Gasteiger partial charge in [-0.2, -0.15) is 0 Å². The van der Waals surface area contributed by atoms with E-state index in [1.807, 2.05) is 44.2 Å². The van der Waals surface area contributed by atoms with Crippen molar-refractivity contribution in [1.29, 1.82) is 0 Å². The third-order valence-corrected chi connectivity index (χ3v) is 5.14.